The first kappa shape index (κ1) is 12.8. The van der Waals surface area contributed by atoms with Gasteiger partial charge in [-0.25, -0.2) is 4.98 Å². The highest BCUT2D eigenvalue weighted by Gasteiger charge is 2.25. The van der Waals surface area contributed by atoms with E-state index in [0.717, 1.165) is 33.2 Å². The van der Waals surface area contributed by atoms with Crippen LogP contribution in [-0.2, 0) is 5.54 Å². The fraction of sp³-hybridized carbons (Fsp3) is 0.500. The van der Waals surface area contributed by atoms with E-state index in [2.05, 4.69) is 51.2 Å². The molecule has 1 N–H and O–H groups in total. The minimum Gasteiger partial charge on any atom is -0.329 e. The van der Waals surface area contributed by atoms with Gasteiger partial charge in [-0.1, -0.05) is 13.8 Å². The molecule has 0 aromatic carbocycles. The fourth-order valence-electron chi connectivity index (χ4n) is 2.04. The first-order valence-electron chi connectivity index (χ1n) is 5.78. The molecule has 0 radical (unpaired) electrons. The monoisotopic (exact) mass is 313 g/mol. The minimum absolute atomic E-state index is 0.0240. The van der Waals surface area contributed by atoms with Crippen molar-refractivity contribution in [2.45, 2.75) is 39.2 Å². The fourth-order valence-corrected chi connectivity index (χ4v) is 2.78. The summed E-state index contributed by atoms with van der Waals surface area (Å²) >= 11 is 8.85. The normalized spacial score (nSPS) is 12.2. The molecule has 2 rings (SSSR count). The largest absolute Gasteiger partial charge is 0.329 e. The van der Waals surface area contributed by atoms with Gasteiger partial charge in [0.05, 0.1) is 5.52 Å². The van der Waals surface area contributed by atoms with Crippen LogP contribution in [0, 0.1) is 4.77 Å². The highest BCUT2D eigenvalue weighted by Crippen LogP contribution is 2.29. The molecule has 2 aromatic heterocycles. The summed E-state index contributed by atoms with van der Waals surface area (Å²) in [7, 11) is 0. The van der Waals surface area contributed by atoms with Gasteiger partial charge in [-0.3, -0.25) is 4.57 Å². The van der Waals surface area contributed by atoms with E-state index in [0.29, 0.717) is 0 Å². The first-order valence-corrected chi connectivity index (χ1v) is 6.98. The van der Waals surface area contributed by atoms with Crippen LogP contribution < -0.4 is 0 Å². The van der Waals surface area contributed by atoms with Crippen LogP contribution >= 0.6 is 28.1 Å². The van der Waals surface area contributed by atoms with E-state index in [1.165, 1.54) is 0 Å². The lowest BCUT2D eigenvalue weighted by atomic mass is 9.95. The topological polar surface area (TPSA) is 33.6 Å². The predicted octanol–water partition coefficient (Wildman–Crippen LogP) is 4.39. The van der Waals surface area contributed by atoms with Crippen LogP contribution in [0.3, 0.4) is 0 Å². The predicted molar refractivity (Wildman–Crippen MR) is 76.8 cm³/mol. The lowest BCUT2D eigenvalue weighted by Gasteiger charge is -2.28. The molecule has 0 aliphatic heterocycles. The maximum atomic E-state index is 5.43. The van der Waals surface area contributed by atoms with Crippen LogP contribution in [-0.4, -0.2) is 14.5 Å². The van der Waals surface area contributed by atoms with Crippen LogP contribution in [0.1, 0.15) is 33.6 Å². The smallest absolute Gasteiger partial charge is 0.179 e. The van der Waals surface area contributed by atoms with Gasteiger partial charge in [-0.15, -0.1) is 0 Å². The van der Waals surface area contributed by atoms with Crippen molar-refractivity contribution in [3.63, 3.8) is 0 Å². The summed E-state index contributed by atoms with van der Waals surface area (Å²) in [5, 5.41) is 0. The summed E-state index contributed by atoms with van der Waals surface area (Å²) in [6.07, 6.45) is 3.87. The third kappa shape index (κ3) is 2.06. The summed E-state index contributed by atoms with van der Waals surface area (Å²) < 4.78 is 3.85. The SMILES string of the molecule is CCC(C)(CC)n1c(=S)[nH]c2cc(Br)cnc21. The molecule has 0 unspecified atom stereocenters. The quantitative estimate of drug-likeness (QED) is 0.852. The molecule has 92 valence electrons. The van der Waals surface area contributed by atoms with Gasteiger partial charge in [0.2, 0.25) is 0 Å². The van der Waals surface area contributed by atoms with E-state index in [1.54, 1.807) is 0 Å². The molecule has 0 atom stereocenters. The zero-order valence-electron chi connectivity index (χ0n) is 10.2. The number of fused-ring (bicyclic) bond motifs is 1. The van der Waals surface area contributed by atoms with Gasteiger partial charge in [0.15, 0.2) is 10.4 Å². The highest BCUT2D eigenvalue weighted by molar-refractivity contribution is 9.10. The highest BCUT2D eigenvalue weighted by atomic mass is 79.9. The Labute approximate surface area is 114 Å². The number of hydrogen-bond acceptors (Lipinski definition) is 2. The summed E-state index contributed by atoms with van der Waals surface area (Å²) in [5.41, 5.74) is 1.94. The Morgan fingerprint density at radius 3 is 2.71 bits per heavy atom. The summed E-state index contributed by atoms with van der Waals surface area (Å²) in [6, 6.07) is 2.01. The number of nitrogens with zero attached hydrogens (tertiary/aromatic N) is 2. The second-order valence-electron chi connectivity index (χ2n) is 4.49. The van der Waals surface area contributed by atoms with Gasteiger partial charge in [0.25, 0.3) is 0 Å². The van der Waals surface area contributed by atoms with Crippen molar-refractivity contribution in [3.05, 3.63) is 21.5 Å². The van der Waals surface area contributed by atoms with Gasteiger partial charge in [-0.2, -0.15) is 0 Å². The van der Waals surface area contributed by atoms with Crippen molar-refractivity contribution in [1.29, 1.82) is 0 Å². The Hall–Kier alpha value is -0.680. The van der Waals surface area contributed by atoms with Crippen LogP contribution in [0.25, 0.3) is 11.2 Å². The van der Waals surface area contributed by atoms with E-state index in [1.807, 2.05) is 12.3 Å². The first-order chi connectivity index (χ1) is 8.01. The number of nitrogens with one attached hydrogen (secondary N) is 1. The van der Waals surface area contributed by atoms with Crippen LogP contribution in [0.4, 0.5) is 0 Å². The number of hydrogen-bond donors (Lipinski definition) is 1. The Morgan fingerprint density at radius 1 is 1.47 bits per heavy atom. The molecular formula is C12H16BrN3S. The van der Waals surface area contributed by atoms with Crippen LogP contribution in [0.15, 0.2) is 16.7 Å². The van der Waals surface area contributed by atoms with E-state index < -0.39 is 0 Å². The molecule has 2 aromatic rings. The molecule has 0 amide bonds. The molecule has 5 heteroatoms. The van der Waals surface area contributed by atoms with Crippen molar-refractivity contribution in [2.24, 2.45) is 0 Å². The number of aromatic nitrogens is 3. The molecular weight excluding hydrogens is 298 g/mol. The molecule has 0 fully saturated rings. The van der Waals surface area contributed by atoms with Crippen LogP contribution in [0.2, 0.25) is 0 Å². The van der Waals surface area contributed by atoms with Gasteiger partial charge >= 0.3 is 0 Å². The van der Waals surface area contributed by atoms with Gasteiger partial charge in [0, 0.05) is 16.2 Å². The molecule has 0 aliphatic carbocycles. The second-order valence-corrected chi connectivity index (χ2v) is 5.80. The van der Waals surface area contributed by atoms with Gasteiger partial charge < -0.3 is 4.98 Å². The third-order valence-corrected chi connectivity index (χ3v) is 4.27. The third-order valence-electron chi connectivity index (χ3n) is 3.55. The number of pyridine rings is 1. The van der Waals surface area contributed by atoms with E-state index >= 15 is 0 Å². The van der Waals surface area contributed by atoms with Crippen molar-refractivity contribution < 1.29 is 0 Å². The standard InChI is InChI=1S/C12H16BrN3S/c1-4-12(3,5-2)16-10-9(15-11(16)17)6-8(13)7-14-10/h6-7H,4-5H2,1-3H3,(H,15,17). The average Bonchev–Trinajstić information content (AvgIpc) is 2.64. The summed E-state index contributed by atoms with van der Waals surface area (Å²) in [5.74, 6) is 0. The number of imidazole rings is 1. The number of rotatable bonds is 3. The van der Waals surface area contributed by atoms with E-state index in [-0.39, 0.29) is 5.54 Å². The minimum atomic E-state index is 0.0240. The Kier molecular flexibility index (Phi) is 3.41. The van der Waals surface area contributed by atoms with Gasteiger partial charge in [-0.05, 0) is 54.0 Å². The molecule has 0 saturated carbocycles. The molecule has 17 heavy (non-hydrogen) atoms. The Morgan fingerprint density at radius 2 is 2.12 bits per heavy atom. The maximum Gasteiger partial charge on any atom is 0.179 e. The number of halogens is 1. The summed E-state index contributed by atoms with van der Waals surface area (Å²) in [4.78, 5) is 7.71. The lowest BCUT2D eigenvalue weighted by molar-refractivity contribution is 0.298. The Balaban J connectivity index is 2.77. The zero-order valence-corrected chi connectivity index (χ0v) is 12.7. The number of H-pyrrole nitrogens is 1. The average molecular weight is 314 g/mol. The van der Waals surface area contributed by atoms with Crippen molar-refractivity contribution >= 4 is 39.3 Å². The van der Waals surface area contributed by atoms with Crippen LogP contribution in [0.5, 0.6) is 0 Å². The van der Waals surface area contributed by atoms with E-state index in [9.17, 15) is 0 Å². The molecule has 2 heterocycles. The number of aromatic amines is 1. The molecule has 0 aliphatic rings. The molecule has 0 saturated heterocycles. The van der Waals surface area contributed by atoms with Crippen molar-refractivity contribution in [2.75, 3.05) is 0 Å². The molecule has 0 bridgehead atoms. The second kappa shape index (κ2) is 4.53. The van der Waals surface area contributed by atoms with E-state index in [4.69, 9.17) is 12.2 Å². The van der Waals surface area contributed by atoms with Crippen molar-refractivity contribution in [3.8, 4) is 0 Å². The lowest BCUT2D eigenvalue weighted by Crippen LogP contribution is -2.28. The zero-order chi connectivity index (χ0) is 12.6. The van der Waals surface area contributed by atoms with Gasteiger partial charge in [0.1, 0.15) is 0 Å². The van der Waals surface area contributed by atoms with Crippen molar-refractivity contribution in [1.82, 2.24) is 14.5 Å². The summed E-state index contributed by atoms with van der Waals surface area (Å²) in [6.45, 7) is 6.59. The Bertz CT molecular complexity index is 595. The maximum absolute atomic E-state index is 5.43. The molecule has 3 nitrogen and oxygen atoms in total. The molecule has 0 spiro atoms.